The maximum Gasteiger partial charge on any atom is 0.0765 e. The molecule has 0 aromatic heterocycles. The van der Waals surface area contributed by atoms with Crippen LogP contribution in [0.3, 0.4) is 0 Å². The molecule has 0 radical (unpaired) electrons. The van der Waals surface area contributed by atoms with Crippen LogP contribution in [0.25, 0.3) is 0 Å². The minimum atomic E-state index is -0.721. The molecule has 0 aromatic carbocycles. The third-order valence-corrected chi connectivity index (χ3v) is 3.03. The van der Waals surface area contributed by atoms with E-state index >= 15 is 0 Å². The van der Waals surface area contributed by atoms with Crippen molar-refractivity contribution in [2.75, 3.05) is 27.4 Å². The molecule has 2 N–H and O–H groups in total. The fourth-order valence-corrected chi connectivity index (χ4v) is 1.70. The quantitative estimate of drug-likeness (QED) is 0.649. The molecule has 0 saturated carbocycles. The molecule has 0 aromatic rings. The van der Waals surface area contributed by atoms with Gasteiger partial charge in [-0.2, -0.15) is 0 Å². The topological polar surface area (TPSA) is 50.7 Å². The standard InChI is InChI=1S/C13H29NO3/c1-11(9-12(2,3)17-6)14-10-13(4,15)7-8-16-5/h11,14-15H,7-10H2,1-6H3. The lowest BCUT2D eigenvalue weighted by molar-refractivity contribution is -0.000385. The second kappa shape index (κ2) is 7.31. The monoisotopic (exact) mass is 247 g/mol. The summed E-state index contributed by atoms with van der Waals surface area (Å²) in [4.78, 5) is 0. The first-order chi connectivity index (χ1) is 7.72. The SMILES string of the molecule is COCCC(C)(O)CNC(C)CC(C)(C)OC. The van der Waals surface area contributed by atoms with Gasteiger partial charge in [0.25, 0.3) is 0 Å². The lowest BCUT2D eigenvalue weighted by Crippen LogP contribution is -2.44. The normalized spacial score (nSPS) is 17.8. The number of nitrogens with one attached hydrogen (secondary N) is 1. The van der Waals surface area contributed by atoms with Crippen molar-refractivity contribution in [2.45, 2.75) is 57.8 Å². The van der Waals surface area contributed by atoms with Crippen molar-refractivity contribution < 1.29 is 14.6 Å². The Balaban J connectivity index is 3.94. The Morgan fingerprint density at radius 3 is 2.29 bits per heavy atom. The van der Waals surface area contributed by atoms with Crippen molar-refractivity contribution in [3.63, 3.8) is 0 Å². The first-order valence-electron chi connectivity index (χ1n) is 6.22. The molecule has 4 heteroatoms. The van der Waals surface area contributed by atoms with Gasteiger partial charge in [-0.1, -0.05) is 0 Å². The van der Waals surface area contributed by atoms with Crippen LogP contribution < -0.4 is 5.32 Å². The lowest BCUT2D eigenvalue weighted by atomic mass is 9.98. The van der Waals surface area contributed by atoms with Gasteiger partial charge in [0, 0.05) is 39.8 Å². The highest BCUT2D eigenvalue weighted by Crippen LogP contribution is 2.16. The van der Waals surface area contributed by atoms with Crippen molar-refractivity contribution in [3.8, 4) is 0 Å². The van der Waals surface area contributed by atoms with Gasteiger partial charge in [0.2, 0.25) is 0 Å². The van der Waals surface area contributed by atoms with Crippen LogP contribution in [0.5, 0.6) is 0 Å². The maximum absolute atomic E-state index is 10.1. The van der Waals surface area contributed by atoms with E-state index in [4.69, 9.17) is 9.47 Å². The summed E-state index contributed by atoms with van der Waals surface area (Å²) in [6.45, 7) is 9.20. The summed E-state index contributed by atoms with van der Waals surface area (Å²) in [5.41, 5.74) is -0.855. The molecule has 0 saturated heterocycles. The van der Waals surface area contributed by atoms with Crippen molar-refractivity contribution >= 4 is 0 Å². The molecule has 17 heavy (non-hydrogen) atoms. The van der Waals surface area contributed by atoms with Crippen LogP contribution in [0, 0.1) is 0 Å². The smallest absolute Gasteiger partial charge is 0.0765 e. The second-order valence-corrected chi connectivity index (χ2v) is 5.69. The van der Waals surface area contributed by atoms with Gasteiger partial charge in [-0.3, -0.25) is 0 Å². The molecule has 0 bridgehead atoms. The van der Waals surface area contributed by atoms with E-state index in [1.54, 1.807) is 14.2 Å². The Hall–Kier alpha value is -0.160. The highest BCUT2D eigenvalue weighted by molar-refractivity contribution is 4.80. The fourth-order valence-electron chi connectivity index (χ4n) is 1.70. The van der Waals surface area contributed by atoms with E-state index in [0.717, 1.165) is 6.42 Å². The van der Waals surface area contributed by atoms with E-state index in [-0.39, 0.29) is 5.60 Å². The molecule has 0 aliphatic rings. The lowest BCUT2D eigenvalue weighted by Gasteiger charge is -2.30. The van der Waals surface area contributed by atoms with Gasteiger partial charge in [0.15, 0.2) is 0 Å². The Morgan fingerprint density at radius 1 is 1.24 bits per heavy atom. The molecular formula is C13H29NO3. The average Bonchev–Trinajstić information content (AvgIpc) is 2.23. The summed E-state index contributed by atoms with van der Waals surface area (Å²) >= 11 is 0. The van der Waals surface area contributed by atoms with Crippen LogP contribution in [0.4, 0.5) is 0 Å². The number of hydrogen-bond donors (Lipinski definition) is 2. The van der Waals surface area contributed by atoms with Crippen LogP contribution in [-0.4, -0.2) is 49.7 Å². The first-order valence-corrected chi connectivity index (χ1v) is 6.22. The van der Waals surface area contributed by atoms with Crippen LogP contribution in [0.2, 0.25) is 0 Å². The maximum atomic E-state index is 10.1. The van der Waals surface area contributed by atoms with Crippen LogP contribution >= 0.6 is 0 Å². The number of methoxy groups -OCH3 is 2. The molecule has 2 unspecified atom stereocenters. The van der Waals surface area contributed by atoms with Gasteiger partial charge >= 0.3 is 0 Å². The minimum absolute atomic E-state index is 0.134. The second-order valence-electron chi connectivity index (χ2n) is 5.69. The summed E-state index contributed by atoms with van der Waals surface area (Å²) in [5.74, 6) is 0. The third-order valence-electron chi connectivity index (χ3n) is 3.03. The van der Waals surface area contributed by atoms with E-state index in [2.05, 4.69) is 26.1 Å². The predicted molar refractivity (Wildman–Crippen MR) is 70.3 cm³/mol. The summed E-state index contributed by atoms with van der Waals surface area (Å²) in [6.07, 6.45) is 1.54. The van der Waals surface area contributed by atoms with E-state index in [0.29, 0.717) is 25.6 Å². The molecule has 0 amide bonds. The average molecular weight is 247 g/mol. The fraction of sp³-hybridized carbons (Fsp3) is 1.00. The van der Waals surface area contributed by atoms with Gasteiger partial charge in [-0.25, -0.2) is 0 Å². The summed E-state index contributed by atoms with van der Waals surface area (Å²) in [5, 5.41) is 13.4. The van der Waals surface area contributed by atoms with Gasteiger partial charge in [-0.05, 0) is 34.1 Å². The number of aliphatic hydroxyl groups is 1. The van der Waals surface area contributed by atoms with Gasteiger partial charge in [0.05, 0.1) is 11.2 Å². The van der Waals surface area contributed by atoms with E-state index in [1.165, 1.54) is 0 Å². The number of hydrogen-bond acceptors (Lipinski definition) is 4. The third kappa shape index (κ3) is 8.55. The molecular weight excluding hydrogens is 218 g/mol. The number of ether oxygens (including phenoxy) is 2. The Bertz CT molecular complexity index is 205. The molecule has 0 aliphatic carbocycles. The van der Waals surface area contributed by atoms with Gasteiger partial charge < -0.3 is 19.9 Å². The summed E-state index contributed by atoms with van der Waals surface area (Å²) in [7, 11) is 3.37. The van der Waals surface area contributed by atoms with Crippen LogP contribution in [-0.2, 0) is 9.47 Å². The molecule has 0 heterocycles. The Kier molecular flexibility index (Phi) is 7.24. The van der Waals surface area contributed by atoms with Crippen molar-refractivity contribution in [3.05, 3.63) is 0 Å². The predicted octanol–water partition coefficient (Wildman–Crippen LogP) is 1.57. The molecule has 104 valence electrons. The molecule has 0 aliphatic heterocycles. The van der Waals surface area contributed by atoms with Gasteiger partial charge in [0.1, 0.15) is 0 Å². The zero-order chi connectivity index (χ0) is 13.5. The molecule has 0 rings (SSSR count). The van der Waals surface area contributed by atoms with Crippen molar-refractivity contribution in [1.82, 2.24) is 5.32 Å². The Labute approximate surface area is 106 Å². The highest BCUT2D eigenvalue weighted by Gasteiger charge is 2.24. The largest absolute Gasteiger partial charge is 0.389 e. The van der Waals surface area contributed by atoms with Gasteiger partial charge in [-0.15, -0.1) is 0 Å². The minimum Gasteiger partial charge on any atom is -0.389 e. The van der Waals surface area contributed by atoms with Crippen molar-refractivity contribution in [1.29, 1.82) is 0 Å². The molecule has 4 nitrogen and oxygen atoms in total. The molecule has 0 spiro atoms. The van der Waals surface area contributed by atoms with Crippen LogP contribution in [0.1, 0.15) is 40.5 Å². The zero-order valence-corrected chi connectivity index (χ0v) is 12.2. The highest BCUT2D eigenvalue weighted by atomic mass is 16.5. The summed E-state index contributed by atoms with van der Waals surface area (Å²) < 4.78 is 10.4. The molecule has 2 atom stereocenters. The molecule has 0 fully saturated rings. The first kappa shape index (κ1) is 16.8. The van der Waals surface area contributed by atoms with Crippen molar-refractivity contribution in [2.24, 2.45) is 0 Å². The van der Waals surface area contributed by atoms with Crippen LogP contribution in [0.15, 0.2) is 0 Å². The van der Waals surface area contributed by atoms with E-state index < -0.39 is 5.60 Å². The van der Waals surface area contributed by atoms with E-state index in [9.17, 15) is 5.11 Å². The summed E-state index contributed by atoms with van der Waals surface area (Å²) in [6, 6.07) is 0.305. The zero-order valence-electron chi connectivity index (χ0n) is 12.2. The Morgan fingerprint density at radius 2 is 1.82 bits per heavy atom. The van der Waals surface area contributed by atoms with E-state index in [1.807, 2.05) is 6.92 Å². The number of rotatable bonds is 9.